The number of rotatable bonds is 4. The second kappa shape index (κ2) is 6.18. The number of carbonyl (C=O) groups is 1. The van der Waals surface area contributed by atoms with Gasteiger partial charge >= 0.3 is 0 Å². The van der Waals surface area contributed by atoms with Crippen molar-refractivity contribution < 1.29 is 4.79 Å². The van der Waals surface area contributed by atoms with Gasteiger partial charge in [0.05, 0.1) is 0 Å². The minimum atomic E-state index is 0.123. The van der Waals surface area contributed by atoms with Gasteiger partial charge in [-0.3, -0.25) is 4.79 Å². The molecule has 1 fully saturated rings. The van der Waals surface area contributed by atoms with Crippen LogP contribution in [0.15, 0.2) is 0 Å². The van der Waals surface area contributed by atoms with Gasteiger partial charge in [0.1, 0.15) is 5.78 Å². The largest absolute Gasteiger partial charge is 0.330 e. The first-order valence-corrected chi connectivity index (χ1v) is 6.03. The van der Waals surface area contributed by atoms with Crippen LogP contribution < -0.4 is 5.73 Å². The fraction of sp³-hybridized carbons (Fsp3) is 0.917. The summed E-state index contributed by atoms with van der Waals surface area (Å²) >= 11 is 0. The third-order valence-electron chi connectivity index (χ3n) is 3.44. The molecule has 82 valence electrons. The Morgan fingerprint density at radius 1 is 1.29 bits per heavy atom. The summed E-state index contributed by atoms with van der Waals surface area (Å²) in [6, 6.07) is 0. The summed E-state index contributed by atoms with van der Waals surface area (Å²) in [5.74, 6) is 0.890. The van der Waals surface area contributed by atoms with Crippen LogP contribution in [0.1, 0.15) is 51.9 Å². The van der Waals surface area contributed by atoms with Crippen LogP contribution in [0, 0.1) is 11.8 Å². The molecule has 1 unspecified atom stereocenters. The van der Waals surface area contributed by atoms with Gasteiger partial charge in [0, 0.05) is 18.4 Å². The minimum Gasteiger partial charge on any atom is -0.330 e. The lowest BCUT2D eigenvalue weighted by atomic mass is 9.86. The summed E-state index contributed by atoms with van der Waals surface area (Å²) in [4.78, 5) is 12.0. The highest BCUT2D eigenvalue weighted by atomic mass is 16.1. The molecule has 0 spiro atoms. The van der Waals surface area contributed by atoms with E-state index in [-0.39, 0.29) is 5.92 Å². The molecule has 0 radical (unpaired) electrons. The molecule has 0 aromatic heterocycles. The first kappa shape index (κ1) is 11.7. The summed E-state index contributed by atoms with van der Waals surface area (Å²) in [6.45, 7) is 2.60. The lowest BCUT2D eigenvalue weighted by Crippen LogP contribution is -2.28. The molecule has 1 rings (SSSR count). The normalized spacial score (nSPS) is 21.6. The molecule has 2 N–H and O–H groups in total. The molecule has 2 nitrogen and oxygen atoms in total. The first-order chi connectivity index (χ1) is 6.79. The van der Waals surface area contributed by atoms with Crippen molar-refractivity contribution in [3.63, 3.8) is 0 Å². The predicted octanol–water partition coefficient (Wildman–Crippen LogP) is 2.51. The molecule has 1 aliphatic rings. The van der Waals surface area contributed by atoms with Crippen molar-refractivity contribution in [3.8, 4) is 0 Å². The van der Waals surface area contributed by atoms with Crippen LogP contribution in [0.3, 0.4) is 0 Å². The van der Waals surface area contributed by atoms with Crippen LogP contribution in [0.25, 0.3) is 0 Å². The Hall–Kier alpha value is -0.370. The highest BCUT2D eigenvalue weighted by Crippen LogP contribution is 2.26. The molecule has 0 heterocycles. The Morgan fingerprint density at radius 3 is 2.29 bits per heavy atom. The quantitative estimate of drug-likeness (QED) is 0.704. The molecule has 1 atom stereocenters. The Labute approximate surface area is 87.2 Å². The van der Waals surface area contributed by atoms with E-state index in [1.165, 1.54) is 25.7 Å². The van der Waals surface area contributed by atoms with Gasteiger partial charge in [-0.2, -0.15) is 0 Å². The van der Waals surface area contributed by atoms with Crippen molar-refractivity contribution in [2.45, 2.75) is 51.9 Å². The maximum Gasteiger partial charge on any atom is 0.140 e. The van der Waals surface area contributed by atoms with Crippen LogP contribution in [-0.2, 0) is 4.79 Å². The standard InChI is InChI=1S/C12H23NO/c1-2-10(9-13)12(14)11-7-5-3-4-6-8-11/h10-11H,2-9,13H2,1H3. The Morgan fingerprint density at radius 2 is 1.86 bits per heavy atom. The number of carbonyl (C=O) groups excluding carboxylic acids is 1. The third kappa shape index (κ3) is 3.09. The van der Waals surface area contributed by atoms with E-state index in [4.69, 9.17) is 5.73 Å². The average Bonchev–Trinajstić information content (AvgIpc) is 2.47. The molecule has 0 aromatic rings. The fourth-order valence-electron chi connectivity index (χ4n) is 2.38. The lowest BCUT2D eigenvalue weighted by molar-refractivity contribution is -0.127. The number of hydrogen-bond acceptors (Lipinski definition) is 2. The average molecular weight is 197 g/mol. The van der Waals surface area contributed by atoms with Crippen molar-refractivity contribution in [1.29, 1.82) is 0 Å². The second-order valence-electron chi connectivity index (χ2n) is 4.43. The van der Waals surface area contributed by atoms with Gasteiger partial charge < -0.3 is 5.73 Å². The van der Waals surface area contributed by atoms with E-state index in [0.717, 1.165) is 19.3 Å². The maximum absolute atomic E-state index is 12.0. The van der Waals surface area contributed by atoms with Crippen LogP contribution >= 0.6 is 0 Å². The van der Waals surface area contributed by atoms with Crippen molar-refractivity contribution in [2.75, 3.05) is 6.54 Å². The fourth-order valence-corrected chi connectivity index (χ4v) is 2.38. The Bertz CT molecular complexity index is 167. The zero-order valence-electron chi connectivity index (χ0n) is 9.30. The lowest BCUT2D eigenvalue weighted by Gasteiger charge is -2.18. The van der Waals surface area contributed by atoms with Crippen LogP contribution in [0.4, 0.5) is 0 Å². The van der Waals surface area contributed by atoms with Gasteiger partial charge in [-0.1, -0.05) is 32.6 Å². The Kier molecular flexibility index (Phi) is 5.16. The van der Waals surface area contributed by atoms with E-state index in [2.05, 4.69) is 6.92 Å². The van der Waals surface area contributed by atoms with Crippen LogP contribution in [0.2, 0.25) is 0 Å². The van der Waals surface area contributed by atoms with Crippen molar-refractivity contribution >= 4 is 5.78 Å². The predicted molar refractivity (Wildman–Crippen MR) is 59.0 cm³/mol. The molecule has 0 saturated heterocycles. The monoisotopic (exact) mass is 197 g/mol. The zero-order valence-corrected chi connectivity index (χ0v) is 9.30. The summed E-state index contributed by atoms with van der Waals surface area (Å²) in [5.41, 5.74) is 5.61. The van der Waals surface area contributed by atoms with E-state index in [1.807, 2.05) is 0 Å². The van der Waals surface area contributed by atoms with Gasteiger partial charge in [-0.15, -0.1) is 0 Å². The number of hydrogen-bond donors (Lipinski definition) is 1. The summed E-state index contributed by atoms with van der Waals surface area (Å²) in [6.07, 6.45) is 8.21. The number of Topliss-reactive ketones (excluding diaryl/α,β-unsaturated/α-hetero) is 1. The molecular weight excluding hydrogens is 174 g/mol. The second-order valence-corrected chi connectivity index (χ2v) is 4.43. The van der Waals surface area contributed by atoms with Crippen LogP contribution in [0.5, 0.6) is 0 Å². The molecule has 14 heavy (non-hydrogen) atoms. The molecular formula is C12H23NO. The van der Waals surface area contributed by atoms with Crippen molar-refractivity contribution in [3.05, 3.63) is 0 Å². The van der Waals surface area contributed by atoms with E-state index >= 15 is 0 Å². The first-order valence-electron chi connectivity index (χ1n) is 6.03. The van der Waals surface area contributed by atoms with E-state index in [0.29, 0.717) is 18.2 Å². The highest BCUT2D eigenvalue weighted by molar-refractivity contribution is 5.83. The summed E-state index contributed by atoms with van der Waals surface area (Å²) in [5, 5.41) is 0. The topological polar surface area (TPSA) is 43.1 Å². The Balaban J connectivity index is 2.48. The van der Waals surface area contributed by atoms with Gasteiger partial charge in [0.25, 0.3) is 0 Å². The van der Waals surface area contributed by atoms with Gasteiger partial charge in [-0.05, 0) is 19.3 Å². The number of ketones is 1. The molecule has 0 bridgehead atoms. The third-order valence-corrected chi connectivity index (χ3v) is 3.44. The molecule has 0 aliphatic heterocycles. The van der Waals surface area contributed by atoms with Gasteiger partial charge in [-0.25, -0.2) is 0 Å². The molecule has 1 aliphatic carbocycles. The molecule has 1 saturated carbocycles. The zero-order chi connectivity index (χ0) is 10.4. The summed E-state index contributed by atoms with van der Waals surface area (Å²) in [7, 11) is 0. The van der Waals surface area contributed by atoms with E-state index in [9.17, 15) is 4.79 Å². The molecule has 2 heteroatoms. The highest BCUT2D eigenvalue weighted by Gasteiger charge is 2.25. The smallest absolute Gasteiger partial charge is 0.140 e. The minimum absolute atomic E-state index is 0.123. The molecule has 0 aromatic carbocycles. The van der Waals surface area contributed by atoms with Crippen molar-refractivity contribution in [1.82, 2.24) is 0 Å². The summed E-state index contributed by atoms with van der Waals surface area (Å²) < 4.78 is 0. The van der Waals surface area contributed by atoms with E-state index in [1.54, 1.807) is 0 Å². The van der Waals surface area contributed by atoms with Gasteiger partial charge in [0.2, 0.25) is 0 Å². The van der Waals surface area contributed by atoms with Crippen molar-refractivity contribution in [2.24, 2.45) is 17.6 Å². The SMILES string of the molecule is CCC(CN)C(=O)C1CCCCCC1. The maximum atomic E-state index is 12.0. The van der Waals surface area contributed by atoms with Crippen LogP contribution in [-0.4, -0.2) is 12.3 Å². The molecule has 0 amide bonds. The van der Waals surface area contributed by atoms with E-state index < -0.39 is 0 Å². The van der Waals surface area contributed by atoms with Gasteiger partial charge in [0.15, 0.2) is 0 Å². The number of nitrogens with two attached hydrogens (primary N) is 1.